The van der Waals surface area contributed by atoms with Crippen molar-refractivity contribution >= 4 is 17.4 Å². The molecule has 2 aromatic rings. The lowest BCUT2D eigenvalue weighted by Crippen LogP contribution is -2.18. The van der Waals surface area contributed by atoms with Gasteiger partial charge in [-0.15, -0.1) is 0 Å². The van der Waals surface area contributed by atoms with Crippen molar-refractivity contribution in [2.45, 2.75) is 19.4 Å². The van der Waals surface area contributed by atoms with Crippen molar-refractivity contribution in [3.05, 3.63) is 42.2 Å². The topological polar surface area (TPSA) is 29.9 Å². The molecule has 94 valence electrons. The summed E-state index contributed by atoms with van der Waals surface area (Å²) in [6, 6.07) is 10.9. The van der Waals surface area contributed by atoms with Gasteiger partial charge in [-0.25, -0.2) is 4.68 Å². The van der Waals surface area contributed by atoms with Crippen molar-refractivity contribution in [3.63, 3.8) is 0 Å². The highest BCUT2D eigenvalue weighted by Crippen LogP contribution is 2.24. The number of rotatable bonds is 3. The van der Waals surface area contributed by atoms with Crippen LogP contribution in [-0.2, 0) is 0 Å². The lowest BCUT2D eigenvalue weighted by Gasteiger charge is -2.12. The van der Waals surface area contributed by atoms with Crippen LogP contribution < -0.4 is 5.32 Å². The molecule has 1 aromatic heterocycles. The summed E-state index contributed by atoms with van der Waals surface area (Å²) in [4.78, 5) is 0. The van der Waals surface area contributed by atoms with Crippen LogP contribution in [0.5, 0.6) is 0 Å². The number of para-hydroxylation sites is 1. The normalized spacial score (nSPS) is 19.1. The summed E-state index contributed by atoms with van der Waals surface area (Å²) in [5, 5.41) is 8.07. The van der Waals surface area contributed by atoms with Gasteiger partial charge in [0.15, 0.2) is 0 Å². The van der Waals surface area contributed by atoms with Gasteiger partial charge in [0.2, 0.25) is 0 Å². The van der Waals surface area contributed by atoms with Crippen molar-refractivity contribution in [1.29, 1.82) is 0 Å². The summed E-state index contributed by atoms with van der Waals surface area (Å²) in [6.45, 7) is 2.12. The van der Waals surface area contributed by atoms with E-state index in [4.69, 9.17) is 0 Å². The quantitative estimate of drug-likeness (QED) is 0.918. The number of hydrogen-bond acceptors (Lipinski definition) is 3. The molecule has 1 aromatic carbocycles. The molecule has 1 fully saturated rings. The molecule has 1 saturated heterocycles. The fourth-order valence-electron chi connectivity index (χ4n) is 2.25. The summed E-state index contributed by atoms with van der Waals surface area (Å²) in [5.41, 5.74) is 3.45. The van der Waals surface area contributed by atoms with Crippen LogP contribution in [0, 0.1) is 6.92 Å². The zero-order valence-electron chi connectivity index (χ0n) is 10.5. The Labute approximate surface area is 112 Å². The third kappa shape index (κ3) is 2.25. The Morgan fingerprint density at radius 1 is 1.33 bits per heavy atom. The highest BCUT2D eigenvalue weighted by Gasteiger charge is 2.17. The number of hydrogen-bond donors (Lipinski definition) is 1. The molecule has 3 rings (SSSR count). The van der Waals surface area contributed by atoms with Gasteiger partial charge in [0.1, 0.15) is 0 Å². The molecule has 1 unspecified atom stereocenters. The minimum Gasteiger partial charge on any atom is -0.379 e. The van der Waals surface area contributed by atoms with Gasteiger partial charge in [-0.1, -0.05) is 18.2 Å². The van der Waals surface area contributed by atoms with Gasteiger partial charge < -0.3 is 5.32 Å². The van der Waals surface area contributed by atoms with E-state index in [2.05, 4.69) is 29.5 Å². The summed E-state index contributed by atoms with van der Waals surface area (Å²) < 4.78 is 1.99. The van der Waals surface area contributed by atoms with Gasteiger partial charge in [-0.2, -0.15) is 16.9 Å². The first-order valence-electron chi connectivity index (χ1n) is 6.29. The molecule has 18 heavy (non-hydrogen) atoms. The van der Waals surface area contributed by atoms with Crippen LogP contribution in [-0.4, -0.2) is 27.3 Å². The molecule has 1 N–H and O–H groups in total. The second kappa shape index (κ2) is 5.06. The summed E-state index contributed by atoms with van der Waals surface area (Å²) in [5.74, 6) is 2.47. The third-order valence-corrected chi connectivity index (χ3v) is 4.46. The molecule has 0 aliphatic carbocycles. The Morgan fingerprint density at radius 3 is 2.89 bits per heavy atom. The predicted octanol–water partition coefficient (Wildman–Crippen LogP) is 3.10. The fraction of sp³-hybridized carbons (Fsp3) is 0.357. The van der Waals surface area contributed by atoms with E-state index in [1.54, 1.807) is 0 Å². The highest BCUT2D eigenvalue weighted by atomic mass is 32.2. The van der Waals surface area contributed by atoms with E-state index in [1.165, 1.54) is 23.6 Å². The summed E-state index contributed by atoms with van der Waals surface area (Å²) in [6.07, 6.45) is 3.19. The zero-order chi connectivity index (χ0) is 12.4. The molecule has 4 heteroatoms. The standard InChI is InChI=1S/C14H17N3S/c1-11-14(16-12-7-8-18-10-12)9-15-17(11)13-5-3-2-4-6-13/h2-6,9,12,16H,7-8,10H2,1H3. The molecule has 3 nitrogen and oxygen atoms in total. The van der Waals surface area contributed by atoms with Gasteiger partial charge in [0.25, 0.3) is 0 Å². The Balaban J connectivity index is 1.83. The molecule has 0 spiro atoms. The number of aromatic nitrogens is 2. The largest absolute Gasteiger partial charge is 0.379 e. The monoisotopic (exact) mass is 259 g/mol. The van der Waals surface area contributed by atoms with E-state index in [9.17, 15) is 0 Å². The van der Waals surface area contributed by atoms with Crippen LogP contribution in [0.25, 0.3) is 5.69 Å². The minimum atomic E-state index is 0.599. The molecule has 0 radical (unpaired) electrons. The summed E-state index contributed by atoms with van der Waals surface area (Å²) in [7, 11) is 0. The number of anilines is 1. The van der Waals surface area contributed by atoms with Gasteiger partial charge in [-0.05, 0) is 31.2 Å². The van der Waals surface area contributed by atoms with E-state index in [-0.39, 0.29) is 0 Å². The second-order valence-electron chi connectivity index (χ2n) is 4.60. The molecule has 2 heterocycles. The van der Waals surface area contributed by atoms with E-state index in [0.717, 1.165) is 11.4 Å². The first-order chi connectivity index (χ1) is 8.84. The Morgan fingerprint density at radius 2 is 2.17 bits per heavy atom. The molecule has 0 amide bonds. The van der Waals surface area contributed by atoms with Crippen molar-refractivity contribution in [3.8, 4) is 5.69 Å². The SMILES string of the molecule is Cc1c(NC2CCSC2)cnn1-c1ccccc1. The van der Waals surface area contributed by atoms with E-state index in [1.807, 2.05) is 40.8 Å². The number of thioether (sulfide) groups is 1. The van der Waals surface area contributed by atoms with Crippen molar-refractivity contribution in [2.75, 3.05) is 16.8 Å². The molecule has 0 saturated carbocycles. The van der Waals surface area contributed by atoms with Crippen molar-refractivity contribution < 1.29 is 0 Å². The maximum Gasteiger partial charge on any atom is 0.0763 e. The van der Waals surface area contributed by atoms with Crippen LogP contribution >= 0.6 is 11.8 Å². The average molecular weight is 259 g/mol. The zero-order valence-corrected chi connectivity index (χ0v) is 11.3. The number of benzene rings is 1. The Kier molecular flexibility index (Phi) is 3.28. The average Bonchev–Trinajstić information content (AvgIpc) is 3.03. The first kappa shape index (κ1) is 11.7. The van der Waals surface area contributed by atoms with Crippen molar-refractivity contribution in [1.82, 2.24) is 9.78 Å². The highest BCUT2D eigenvalue weighted by molar-refractivity contribution is 7.99. The molecule has 1 atom stereocenters. The van der Waals surface area contributed by atoms with Crippen LogP contribution in [0.15, 0.2) is 36.5 Å². The number of nitrogens with zero attached hydrogens (tertiary/aromatic N) is 2. The van der Waals surface area contributed by atoms with Crippen LogP contribution in [0.3, 0.4) is 0 Å². The first-order valence-corrected chi connectivity index (χ1v) is 7.44. The lowest BCUT2D eigenvalue weighted by molar-refractivity contribution is 0.809. The van der Waals surface area contributed by atoms with Gasteiger partial charge in [-0.3, -0.25) is 0 Å². The molecular formula is C14H17N3S. The smallest absolute Gasteiger partial charge is 0.0763 e. The summed E-state index contributed by atoms with van der Waals surface area (Å²) >= 11 is 2.02. The third-order valence-electron chi connectivity index (χ3n) is 3.30. The van der Waals surface area contributed by atoms with E-state index < -0.39 is 0 Å². The molecule has 0 bridgehead atoms. The van der Waals surface area contributed by atoms with E-state index >= 15 is 0 Å². The van der Waals surface area contributed by atoms with Crippen molar-refractivity contribution in [2.24, 2.45) is 0 Å². The Hall–Kier alpha value is -1.42. The second-order valence-corrected chi connectivity index (χ2v) is 5.75. The van der Waals surface area contributed by atoms with E-state index in [0.29, 0.717) is 6.04 Å². The maximum absolute atomic E-state index is 4.48. The van der Waals surface area contributed by atoms with Gasteiger partial charge in [0.05, 0.1) is 23.3 Å². The van der Waals surface area contributed by atoms with Crippen LogP contribution in [0.4, 0.5) is 5.69 Å². The maximum atomic E-state index is 4.48. The lowest BCUT2D eigenvalue weighted by atomic mass is 10.2. The minimum absolute atomic E-state index is 0.599. The number of nitrogens with one attached hydrogen (secondary N) is 1. The van der Waals surface area contributed by atoms with Crippen LogP contribution in [0.1, 0.15) is 12.1 Å². The molecular weight excluding hydrogens is 242 g/mol. The predicted molar refractivity (Wildman–Crippen MR) is 77.7 cm³/mol. The molecule has 1 aliphatic heterocycles. The molecule has 1 aliphatic rings. The van der Waals surface area contributed by atoms with Crippen LogP contribution in [0.2, 0.25) is 0 Å². The Bertz CT molecular complexity index is 515. The van der Waals surface area contributed by atoms with Gasteiger partial charge in [0, 0.05) is 11.8 Å². The fourth-order valence-corrected chi connectivity index (χ4v) is 3.40. The van der Waals surface area contributed by atoms with Gasteiger partial charge >= 0.3 is 0 Å².